The monoisotopic (exact) mass is 464 g/mol. The molecule has 0 saturated heterocycles. The van der Waals surface area contributed by atoms with Crippen molar-refractivity contribution in [2.45, 2.75) is 19.8 Å². The third-order valence-corrected chi connectivity index (χ3v) is 6.47. The highest BCUT2D eigenvalue weighted by Crippen LogP contribution is 2.39. The van der Waals surface area contributed by atoms with Crippen LogP contribution in [-0.2, 0) is 12.8 Å². The molecule has 6 rings (SSSR count). The van der Waals surface area contributed by atoms with Crippen molar-refractivity contribution in [1.82, 2.24) is 0 Å². The van der Waals surface area contributed by atoms with E-state index in [0.717, 1.165) is 39.8 Å². The number of non-ortho nitro benzene ring substituents is 2. The summed E-state index contributed by atoms with van der Waals surface area (Å²) in [4.78, 5) is 32.1. The first-order valence-electron chi connectivity index (χ1n) is 11.1. The predicted molar refractivity (Wildman–Crippen MR) is 133 cm³/mol. The second-order valence-corrected chi connectivity index (χ2v) is 8.64. The molecule has 0 atom stereocenters. The van der Waals surface area contributed by atoms with E-state index < -0.39 is 0 Å². The topological polar surface area (TPSA) is 103 Å². The number of hydrogen-bond acceptors (Lipinski definition) is 5. The number of nitrogens with zero attached hydrogens (tertiary/aromatic N) is 2. The molecule has 0 heterocycles. The number of carbonyl (C=O) groups excluding carboxylic acids is 1. The zero-order valence-electron chi connectivity index (χ0n) is 18.9. The lowest BCUT2D eigenvalue weighted by Gasteiger charge is -2.02. The fourth-order valence-electron chi connectivity index (χ4n) is 4.77. The van der Waals surface area contributed by atoms with Gasteiger partial charge in [0.15, 0.2) is 5.78 Å². The van der Waals surface area contributed by atoms with Crippen LogP contribution < -0.4 is 0 Å². The fourth-order valence-corrected chi connectivity index (χ4v) is 4.77. The van der Waals surface area contributed by atoms with Gasteiger partial charge >= 0.3 is 0 Å². The molecule has 0 amide bonds. The van der Waals surface area contributed by atoms with Crippen molar-refractivity contribution in [3.05, 3.63) is 127 Å². The van der Waals surface area contributed by atoms with E-state index in [0.29, 0.717) is 12.0 Å². The molecular formula is C28H20N2O5. The number of hydrogen-bond donors (Lipinski definition) is 0. The molecule has 0 spiro atoms. The first-order chi connectivity index (χ1) is 16.8. The first kappa shape index (κ1) is 22.2. The van der Waals surface area contributed by atoms with E-state index in [4.69, 9.17) is 0 Å². The van der Waals surface area contributed by atoms with Gasteiger partial charge in [0.1, 0.15) is 0 Å². The summed E-state index contributed by atoms with van der Waals surface area (Å²) in [5, 5.41) is 21.5. The van der Waals surface area contributed by atoms with Crippen molar-refractivity contribution in [3.8, 4) is 22.3 Å². The van der Waals surface area contributed by atoms with E-state index in [-0.39, 0.29) is 27.0 Å². The Kier molecular flexibility index (Phi) is 5.45. The molecule has 4 aromatic rings. The lowest BCUT2D eigenvalue weighted by atomic mass is 10.0. The normalized spacial score (nSPS) is 11.9. The van der Waals surface area contributed by atoms with Crippen LogP contribution in [0.4, 0.5) is 11.4 Å². The summed E-state index contributed by atoms with van der Waals surface area (Å²) in [7, 11) is 0. The van der Waals surface area contributed by atoms with Gasteiger partial charge in [0.05, 0.1) is 9.85 Å². The number of rotatable bonds is 3. The highest BCUT2D eigenvalue weighted by Gasteiger charge is 2.22. The quantitative estimate of drug-likeness (QED) is 0.168. The van der Waals surface area contributed by atoms with Crippen LogP contribution in [0.5, 0.6) is 0 Å². The van der Waals surface area contributed by atoms with Gasteiger partial charge in [-0.15, -0.1) is 0 Å². The van der Waals surface area contributed by atoms with Gasteiger partial charge in [-0.05, 0) is 82.5 Å². The van der Waals surface area contributed by atoms with Crippen LogP contribution in [0.2, 0.25) is 0 Å². The summed E-state index contributed by atoms with van der Waals surface area (Å²) in [5.41, 5.74) is 9.69. The van der Waals surface area contributed by atoms with Crippen molar-refractivity contribution in [2.75, 3.05) is 0 Å². The number of nitro benzene ring substituents is 2. The summed E-state index contributed by atoms with van der Waals surface area (Å²) in [6.45, 7) is 1.54. The number of nitro groups is 2. The minimum Gasteiger partial charge on any atom is -0.295 e. The minimum atomic E-state index is -0.385. The Morgan fingerprint density at radius 1 is 0.629 bits per heavy atom. The molecule has 0 radical (unpaired) electrons. The maximum Gasteiger partial charge on any atom is 0.269 e. The van der Waals surface area contributed by atoms with Gasteiger partial charge in [0.2, 0.25) is 0 Å². The molecule has 0 fully saturated rings. The van der Waals surface area contributed by atoms with Gasteiger partial charge in [0.25, 0.3) is 11.4 Å². The molecule has 4 aromatic carbocycles. The summed E-state index contributed by atoms with van der Waals surface area (Å²) in [5.74, 6) is 0.0322. The predicted octanol–water partition coefficient (Wildman–Crippen LogP) is 6.53. The van der Waals surface area contributed by atoms with Gasteiger partial charge in [-0.2, -0.15) is 0 Å². The number of fused-ring (bicyclic) bond motifs is 6. The van der Waals surface area contributed by atoms with Crippen LogP contribution in [0.1, 0.15) is 39.5 Å². The Morgan fingerprint density at radius 2 is 1.09 bits per heavy atom. The Balaban J connectivity index is 0.000000147. The third-order valence-electron chi connectivity index (χ3n) is 6.47. The molecule has 35 heavy (non-hydrogen) atoms. The number of benzene rings is 4. The molecule has 172 valence electrons. The maximum atomic E-state index is 11.4. The van der Waals surface area contributed by atoms with Crippen LogP contribution in [0, 0.1) is 20.2 Å². The molecule has 2 aliphatic rings. The van der Waals surface area contributed by atoms with Crippen molar-refractivity contribution in [3.63, 3.8) is 0 Å². The number of carbonyl (C=O) groups is 1. The Morgan fingerprint density at radius 3 is 1.63 bits per heavy atom. The van der Waals surface area contributed by atoms with Gasteiger partial charge in [-0.1, -0.05) is 36.4 Å². The fraction of sp³-hybridized carbons (Fsp3) is 0.107. The Hall–Kier alpha value is -4.65. The van der Waals surface area contributed by atoms with Gasteiger partial charge in [-0.25, -0.2) is 0 Å². The van der Waals surface area contributed by atoms with E-state index in [9.17, 15) is 25.0 Å². The van der Waals surface area contributed by atoms with Crippen LogP contribution in [0.3, 0.4) is 0 Å². The largest absolute Gasteiger partial charge is 0.295 e. The van der Waals surface area contributed by atoms with E-state index in [1.54, 1.807) is 30.3 Å². The lowest BCUT2D eigenvalue weighted by molar-refractivity contribution is -0.385. The molecule has 7 nitrogen and oxygen atoms in total. The van der Waals surface area contributed by atoms with Crippen LogP contribution in [0.15, 0.2) is 78.9 Å². The molecule has 7 heteroatoms. The van der Waals surface area contributed by atoms with Gasteiger partial charge in [0, 0.05) is 29.8 Å². The molecule has 2 aliphatic carbocycles. The highest BCUT2D eigenvalue weighted by atomic mass is 16.6. The third kappa shape index (κ3) is 4.08. The van der Waals surface area contributed by atoms with Crippen molar-refractivity contribution in [2.24, 2.45) is 0 Å². The minimum absolute atomic E-state index is 0.0322. The maximum absolute atomic E-state index is 11.4. The smallest absolute Gasteiger partial charge is 0.269 e. The van der Waals surface area contributed by atoms with Crippen molar-refractivity contribution in [1.29, 1.82) is 0 Å². The molecule has 0 aromatic heterocycles. The summed E-state index contributed by atoms with van der Waals surface area (Å²) < 4.78 is 0. The molecular weight excluding hydrogens is 444 g/mol. The van der Waals surface area contributed by atoms with E-state index in [1.165, 1.54) is 24.1 Å². The molecule has 0 saturated carbocycles. The van der Waals surface area contributed by atoms with Crippen LogP contribution in [0.25, 0.3) is 22.3 Å². The molecule has 0 bridgehead atoms. The average Bonchev–Trinajstić information content (AvgIpc) is 3.40. The first-order valence-corrected chi connectivity index (χ1v) is 11.1. The van der Waals surface area contributed by atoms with Crippen LogP contribution in [-0.4, -0.2) is 15.6 Å². The SMILES string of the molecule is CC(=O)c1ccc2c(c1)Cc1cc([N+](=O)[O-])ccc1-2.O=[N+]([O-])c1ccc2c(c1)Cc1ccccc1-2. The highest BCUT2D eigenvalue weighted by molar-refractivity contribution is 5.95. The zero-order valence-corrected chi connectivity index (χ0v) is 18.9. The molecule has 0 unspecified atom stereocenters. The van der Waals surface area contributed by atoms with E-state index >= 15 is 0 Å². The van der Waals surface area contributed by atoms with Gasteiger partial charge in [-0.3, -0.25) is 25.0 Å². The lowest BCUT2D eigenvalue weighted by Crippen LogP contribution is -1.93. The summed E-state index contributed by atoms with van der Waals surface area (Å²) >= 11 is 0. The Labute approximate surface area is 201 Å². The second-order valence-electron chi connectivity index (χ2n) is 8.64. The second kappa shape index (κ2) is 8.61. The summed E-state index contributed by atoms with van der Waals surface area (Å²) in [6, 6.07) is 23.7. The number of ketones is 1. The number of Topliss-reactive ketones (excluding diaryl/α,β-unsaturated/α-hetero) is 1. The van der Waals surface area contributed by atoms with Crippen LogP contribution >= 0.6 is 0 Å². The van der Waals surface area contributed by atoms with Crippen molar-refractivity contribution < 1.29 is 14.6 Å². The van der Waals surface area contributed by atoms with Crippen molar-refractivity contribution >= 4 is 17.2 Å². The van der Waals surface area contributed by atoms with E-state index in [1.807, 2.05) is 30.3 Å². The zero-order chi connectivity index (χ0) is 24.7. The molecule has 0 N–H and O–H groups in total. The summed E-state index contributed by atoms with van der Waals surface area (Å²) in [6.07, 6.45) is 1.45. The molecule has 0 aliphatic heterocycles. The average molecular weight is 464 g/mol. The van der Waals surface area contributed by atoms with E-state index in [2.05, 4.69) is 12.1 Å². The standard InChI is InChI=1S/C15H11NO3.C13H9NO2/c1-9(17)10-2-4-14-11(6-10)7-12-8-13(16(18)19)3-5-15(12)14;15-14(16)11-5-6-13-10(8-11)7-9-3-1-2-4-12(9)13/h2-6,8H,7H2,1H3;1-6,8H,7H2. The van der Waals surface area contributed by atoms with Gasteiger partial charge < -0.3 is 0 Å². The Bertz CT molecular complexity index is 1480.